The predicted molar refractivity (Wildman–Crippen MR) is 101 cm³/mol. The molecule has 1 aromatic heterocycles. The molecule has 122 valence electrons. The molecule has 0 atom stereocenters. The van der Waals surface area contributed by atoms with Crippen LogP contribution in [0.2, 0.25) is 0 Å². The summed E-state index contributed by atoms with van der Waals surface area (Å²) < 4.78 is 0. The van der Waals surface area contributed by atoms with Crippen molar-refractivity contribution in [3.05, 3.63) is 65.4 Å². The van der Waals surface area contributed by atoms with Crippen LogP contribution in [-0.4, -0.2) is 28.2 Å². The van der Waals surface area contributed by atoms with Gasteiger partial charge in [0.1, 0.15) is 0 Å². The number of hydrogen-bond acceptors (Lipinski definition) is 2. The lowest BCUT2D eigenvalue weighted by Crippen LogP contribution is -2.28. The molecule has 2 heterocycles. The number of para-hydroxylation sites is 1. The fourth-order valence-corrected chi connectivity index (χ4v) is 3.40. The molecule has 1 aliphatic rings. The van der Waals surface area contributed by atoms with Gasteiger partial charge in [0.15, 0.2) is 0 Å². The molecule has 1 saturated heterocycles. The number of hydrogen-bond donors (Lipinski definition) is 1. The number of fused-ring (bicyclic) bond motifs is 1. The van der Waals surface area contributed by atoms with Gasteiger partial charge in [0.05, 0.1) is 11.2 Å². The zero-order valence-corrected chi connectivity index (χ0v) is 13.9. The maximum Gasteiger partial charge on any atom is 0.0927 e. The molecule has 4 rings (SSSR count). The van der Waals surface area contributed by atoms with Crippen molar-refractivity contribution in [2.24, 2.45) is 0 Å². The Morgan fingerprint density at radius 1 is 0.917 bits per heavy atom. The molecular weight excluding hydrogens is 294 g/mol. The van der Waals surface area contributed by atoms with E-state index in [1.807, 2.05) is 12.1 Å². The van der Waals surface area contributed by atoms with E-state index in [0.29, 0.717) is 0 Å². The summed E-state index contributed by atoms with van der Waals surface area (Å²) in [7, 11) is 0. The average molecular weight is 317 g/mol. The Hall–Kier alpha value is -2.39. The molecule has 3 heteroatoms. The number of nitrogens with one attached hydrogen (secondary N) is 1. The van der Waals surface area contributed by atoms with Crippen molar-refractivity contribution >= 4 is 23.1 Å². The molecule has 3 aromatic rings. The molecule has 0 aliphatic carbocycles. The van der Waals surface area contributed by atoms with Crippen molar-refractivity contribution in [3.63, 3.8) is 0 Å². The normalized spacial score (nSPS) is 16.2. The summed E-state index contributed by atoms with van der Waals surface area (Å²) in [5.74, 6) is 0. The number of piperidine rings is 1. The van der Waals surface area contributed by atoms with Crippen LogP contribution in [0.15, 0.2) is 48.5 Å². The second kappa shape index (κ2) is 7.02. The van der Waals surface area contributed by atoms with Gasteiger partial charge in [-0.25, -0.2) is 0 Å². The van der Waals surface area contributed by atoms with Gasteiger partial charge >= 0.3 is 0 Å². The first-order chi connectivity index (χ1) is 11.9. The van der Waals surface area contributed by atoms with Gasteiger partial charge < -0.3 is 0 Å². The van der Waals surface area contributed by atoms with Crippen molar-refractivity contribution in [2.75, 3.05) is 13.1 Å². The van der Waals surface area contributed by atoms with Gasteiger partial charge in [-0.15, -0.1) is 0 Å². The quantitative estimate of drug-likeness (QED) is 0.755. The van der Waals surface area contributed by atoms with E-state index in [4.69, 9.17) is 0 Å². The molecule has 3 nitrogen and oxygen atoms in total. The van der Waals surface area contributed by atoms with E-state index >= 15 is 0 Å². The second-order valence-corrected chi connectivity index (χ2v) is 6.57. The lowest BCUT2D eigenvalue weighted by Gasteiger charge is -2.26. The Morgan fingerprint density at radius 2 is 1.71 bits per heavy atom. The minimum Gasteiger partial charge on any atom is -0.299 e. The number of nitrogens with zero attached hydrogens (tertiary/aromatic N) is 2. The minimum atomic E-state index is 0.989. The molecule has 0 saturated carbocycles. The predicted octanol–water partition coefficient (Wildman–Crippen LogP) is 4.72. The van der Waals surface area contributed by atoms with E-state index in [2.05, 4.69) is 63.6 Å². The van der Waals surface area contributed by atoms with Crippen LogP contribution >= 0.6 is 0 Å². The third kappa shape index (κ3) is 3.41. The van der Waals surface area contributed by atoms with Crippen LogP contribution in [0.1, 0.15) is 36.1 Å². The lowest BCUT2D eigenvalue weighted by molar-refractivity contribution is 0.221. The number of H-pyrrole nitrogens is 1. The second-order valence-electron chi connectivity index (χ2n) is 6.57. The average Bonchev–Trinajstić information content (AvgIpc) is 3.05. The van der Waals surface area contributed by atoms with Gasteiger partial charge in [0.2, 0.25) is 0 Å². The Labute approximate surface area is 143 Å². The number of aromatic nitrogens is 2. The molecule has 2 aromatic carbocycles. The highest BCUT2D eigenvalue weighted by Gasteiger charge is 2.09. The van der Waals surface area contributed by atoms with Crippen molar-refractivity contribution < 1.29 is 0 Å². The van der Waals surface area contributed by atoms with E-state index < -0.39 is 0 Å². The first kappa shape index (κ1) is 15.2. The van der Waals surface area contributed by atoms with E-state index in [0.717, 1.165) is 23.1 Å². The number of aromatic amines is 1. The van der Waals surface area contributed by atoms with Crippen LogP contribution in [0.25, 0.3) is 23.1 Å². The Bertz CT molecular complexity index is 824. The maximum absolute atomic E-state index is 4.39. The van der Waals surface area contributed by atoms with Crippen molar-refractivity contribution in [3.8, 4) is 0 Å². The van der Waals surface area contributed by atoms with Crippen molar-refractivity contribution in [1.82, 2.24) is 15.1 Å². The summed E-state index contributed by atoms with van der Waals surface area (Å²) in [5.41, 5.74) is 4.68. The highest BCUT2D eigenvalue weighted by atomic mass is 15.1. The Kier molecular flexibility index (Phi) is 4.43. The van der Waals surface area contributed by atoms with Gasteiger partial charge in [-0.3, -0.25) is 10.00 Å². The molecule has 1 fully saturated rings. The van der Waals surface area contributed by atoms with E-state index in [1.165, 1.54) is 43.5 Å². The van der Waals surface area contributed by atoms with E-state index in [9.17, 15) is 0 Å². The zero-order valence-electron chi connectivity index (χ0n) is 13.9. The first-order valence-electron chi connectivity index (χ1n) is 8.81. The molecule has 0 radical (unpaired) electrons. The summed E-state index contributed by atoms with van der Waals surface area (Å²) in [6.07, 6.45) is 8.30. The summed E-state index contributed by atoms with van der Waals surface area (Å²) in [4.78, 5) is 2.56. The molecule has 0 spiro atoms. The topological polar surface area (TPSA) is 31.9 Å². The summed E-state index contributed by atoms with van der Waals surface area (Å²) in [5, 5.41) is 8.62. The summed E-state index contributed by atoms with van der Waals surface area (Å²) in [6.45, 7) is 3.57. The van der Waals surface area contributed by atoms with Gasteiger partial charge in [-0.2, -0.15) is 5.10 Å². The standard InChI is InChI=1S/C21H23N3/c1-4-14-24(15-5-1)16-18-10-8-17(9-11-18)12-13-21-19-6-2-3-7-20(19)22-23-21/h2-3,6-13H,1,4-5,14-16H2,(H,22,23)/b13-12+. The first-order valence-corrected chi connectivity index (χ1v) is 8.81. The van der Waals surface area contributed by atoms with Gasteiger partial charge in [0, 0.05) is 11.9 Å². The maximum atomic E-state index is 4.39. The smallest absolute Gasteiger partial charge is 0.0927 e. The number of rotatable bonds is 4. The van der Waals surface area contributed by atoms with Crippen LogP contribution in [0.3, 0.4) is 0 Å². The minimum absolute atomic E-state index is 0.989. The van der Waals surface area contributed by atoms with Crippen LogP contribution in [0, 0.1) is 0 Å². The van der Waals surface area contributed by atoms with Gasteiger partial charge in [-0.05, 0) is 49.2 Å². The molecule has 1 N–H and O–H groups in total. The summed E-state index contributed by atoms with van der Waals surface area (Å²) in [6, 6.07) is 17.1. The molecule has 0 amide bonds. The fraction of sp³-hybridized carbons (Fsp3) is 0.286. The lowest BCUT2D eigenvalue weighted by atomic mass is 10.1. The largest absolute Gasteiger partial charge is 0.299 e. The van der Waals surface area contributed by atoms with Crippen LogP contribution in [0.5, 0.6) is 0 Å². The number of benzene rings is 2. The van der Waals surface area contributed by atoms with Crippen LogP contribution in [0.4, 0.5) is 0 Å². The highest BCUT2D eigenvalue weighted by molar-refractivity contribution is 5.89. The Balaban J connectivity index is 1.45. The SMILES string of the molecule is C(=C\c1n[nH]c2ccccc12)/c1ccc(CN2CCCCC2)cc1. The fourth-order valence-electron chi connectivity index (χ4n) is 3.40. The van der Waals surface area contributed by atoms with Gasteiger partial charge in [0.25, 0.3) is 0 Å². The molecule has 1 aliphatic heterocycles. The third-order valence-electron chi connectivity index (χ3n) is 4.77. The highest BCUT2D eigenvalue weighted by Crippen LogP contribution is 2.18. The van der Waals surface area contributed by atoms with E-state index in [1.54, 1.807) is 0 Å². The number of likely N-dealkylation sites (tertiary alicyclic amines) is 1. The molecule has 24 heavy (non-hydrogen) atoms. The van der Waals surface area contributed by atoms with Crippen molar-refractivity contribution in [1.29, 1.82) is 0 Å². The third-order valence-corrected chi connectivity index (χ3v) is 4.77. The molecular formula is C21H23N3. The van der Waals surface area contributed by atoms with Gasteiger partial charge in [-0.1, -0.05) is 55.0 Å². The van der Waals surface area contributed by atoms with E-state index in [-0.39, 0.29) is 0 Å². The van der Waals surface area contributed by atoms with Crippen molar-refractivity contribution in [2.45, 2.75) is 25.8 Å². The summed E-state index contributed by atoms with van der Waals surface area (Å²) >= 11 is 0. The molecule has 0 unspecified atom stereocenters. The van der Waals surface area contributed by atoms with Crippen LogP contribution in [-0.2, 0) is 6.54 Å². The zero-order chi connectivity index (χ0) is 16.2. The van der Waals surface area contributed by atoms with Crippen LogP contribution < -0.4 is 0 Å². The monoisotopic (exact) mass is 317 g/mol. The molecule has 0 bridgehead atoms. The Morgan fingerprint density at radius 3 is 2.54 bits per heavy atom.